The van der Waals surface area contributed by atoms with Crippen molar-refractivity contribution in [2.45, 2.75) is 19.9 Å². The summed E-state index contributed by atoms with van der Waals surface area (Å²) in [7, 11) is 0. The minimum Gasteiger partial charge on any atom is -0.379 e. The molecule has 0 spiro atoms. The molecular formula is C17H27ClFIN4O. The van der Waals surface area contributed by atoms with Crippen molar-refractivity contribution in [1.29, 1.82) is 0 Å². The SMILES string of the molecule is CCNC(=NCc1ccc(F)c(Cl)c1)NCCCN1CCOCC1.I. The van der Waals surface area contributed by atoms with Crippen molar-refractivity contribution in [3.63, 3.8) is 0 Å². The summed E-state index contributed by atoms with van der Waals surface area (Å²) in [4.78, 5) is 6.93. The number of nitrogens with zero attached hydrogens (tertiary/aromatic N) is 2. The monoisotopic (exact) mass is 484 g/mol. The van der Waals surface area contributed by atoms with Crippen molar-refractivity contribution in [3.05, 3.63) is 34.6 Å². The topological polar surface area (TPSA) is 48.9 Å². The molecule has 25 heavy (non-hydrogen) atoms. The molecule has 1 aromatic rings. The van der Waals surface area contributed by atoms with E-state index in [9.17, 15) is 4.39 Å². The number of rotatable bonds is 7. The summed E-state index contributed by atoms with van der Waals surface area (Å²) in [5.74, 6) is 0.359. The number of hydrogen-bond donors (Lipinski definition) is 2. The largest absolute Gasteiger partial charge is 0.379 e. The summed E-state index contributed by atoms with van der Waals surface area (Å²) in [6, 6.07) is 4.69. The highest BCUT2D eigenvalue weighted by atomic mass is 127. The van der Waals surface area contributed by atoms with E-state index in [0.717, 1.165) is 63.9 Å². The zero-order chi connectivity index (χ0) is 17.2. The lowest BCUT2D eigenvalue weighted by molar-refractivity contribution is 0.0376. The molecule has 0 amide bonds. The number of nitrogens with one attached hydrogen (secondary N) is 2. The highest BCUT2D eigenvalue weighted by Gasteiger charge is 2.09. The van der Waals surface area contributed by atoms with Crippen LogP contribution in [0.15, 0.2) is 23.2 Å². The molecular weight excluding hydrogens is 458 g/mol. The van der Waals surface area contributed by atoms with Gasteiger partial charge in [-0.2, -0.15) is 0 Å². The summed E-state index contributed by atoms with van der Waals surface area (Å²) in [6.45, 7) is 8.88. The molecule has 1 aliphatic heterocycles. The Hall–Kier alpha value is -0.640. The van der Waals surface area contributed by atoms with Crippen LogP contribution in [-0.4, -0.2) is 56.8 Å². The van der Waals surface area contributed by atoms with Gasteiger partial charge >= 0.3 is 0 Å². The average molecular weight is 485 g/mol. The van der Waals surface area contributed by atoms with Gasteiger partial charge in [-0.1, -0.05) is 17.7 Å². The molecule has 1 aliphatic rings. The summed E-state index contributed by atoms with van der Waals surface area (Å²) >= 11 is 5.80. The number of ether oxygens (including phenoxy) is 1. The number of benzene rings is 1. The number of guanidine groups is 1. The van der Waals surface area contributed by atoms with Crippen LogP contribution in [0.25, 0.3) is 0 Å². The maximum absolute atomic E-state index is 13.2. The lowest BCUT2D eigenvalue weighted by atomic mass is 10.2. The van der Waals surface area contributed by atoms with Gasteiger partial charge in [0.15, 0.2) is 5.96 Å². The first-order chi connectivity index (χ1) is 11.7. The van der Waals surface area contributed by atoms with E-state index in [1.165, 1.54) is 6.07 Å². The first-order valence-corrected chi connectivity index (χ1v) is 8.83. The van der Waals surface area contributed by atoms with Gasteiger partial charge in [-0.15, -0.1) is 24.0 Å². The fraction of sp³-hybridized carbons (Fsp3) is 0.588. The number of hydrogen-bond acceptors (Lipinski definition) is 3. The first kappa shape index (κ1) is 22.4. The van der Waals surface area contributed by atoms with Crippen molar-refractivity contribution in [3.8, 4) is 0 Å². The molecule has 1 fully saturated rings. The molecule has 0 aliphatic carbocycles. The molecule has 0 bridgehead atoms. The predicted molar refractivity (Wildman–Crippen MR) is 112 cm³/mol. The number of aliphatic imine (C=N–C) groups is 1. The second kappa shape index (κ2) is 12.7. The van der Waals surface area contributed by atoms with Gasteiger partial charge in [0.05, 0.1) is 24.8 Å². The maximum atomic E-state index is 13.2. The van der Waals surface area contributed by atoms with E-state index in [1.807, 2.05) is 6.92 Å². The van der Waals surface area contributed by atoms with Crippen LogP contribution >= 0.6 is 35.6 Å². The molecule has 0 unspecified atom stereocenters. The van der Waals surface area contributed by atoms with Crippen LogP contribution in [0.2, 0.25) is 5.02 Å². The average Bonchev–Trinajstić information content (AvgIpc) is 2.60. The third-order valence-electron chi connectivity index (χ3n) is 3.80. The lowest BCUT2D eigenvalue weighted by Gasteiger charge is -2.26. The van der Waals surface area contributed by atoms with Gasteiger partial charge in [0.2, 0.25) is 0 Å². The summed E-state index contributed by atoms with van der Waals surface area (Å²) in [5, 5.41) is 6.68. The van der Waals surface area contributed by atoms with Crippen LogP contribution in [0.3, 0.4) is 0 Å². The van der Waals surface area contributed by atoms with E-state index in [-0.39, 0.29) is 29.0 Å². The van der Waals surface area contributed by atoms with Crippen LogP contribution in [0.4, 0.5) is 4.39 Å². The zero-order valence-electron chi connectivity index (χ0n) is 14.6. The molecule has 0 saturated carbocycles. The molecule has 2 N–H and O–H groups in total. The fourth-order valence-corrected chi connectivity index (χ4v) is 2.69. The number of morpholine rings is 1. The molecule has 0 aromatic heterocycles. The molecule has 0 radical (unpaired) electrons. The van der Waals surface area contributed by atoms with E-state index in [4.69, 9.17) is 16.3 Å². The van der Waals surface area contributed by atoms with Gasteiger partial charge < -0.3 is 15.4 Å². The standard InChI is InChI=1S/C17H26ClFN4O.HI/c1-2-20-17(21-6-3-7-23-8-10-24-11-9-23)22-13-14-4-5-16(19)15(18)12-14;/h4-5,12H,2-3,6-11,13H2,1H3,(H2,20,21,22);1H. The Morgan fingerprint density at radius 3 is 2.76 bits per heavy atom. The van der Waals surface area contributed by atoms with E-state index >= 15 is 0 Å². The molecule has 1 saturated heterocycles. The van der Waals surface area contributed by atoms with Gasteiger partial charge in [-0.25, -0.2) is 9.38 Å². The summed E-state index contributed by atoms with van der Waals surface area (Å²) in [5.41, 5.74) is 0.881. The highest BCUT2D eigenvalue weighted by molar-refractivity contribution is 14.0. The quantitative estimate of drug-likeness (QED) is 0.270. The summed E-state index contributed by atoms with van der Waals surface area (Å²) in [6.07, 6.45) is 1.05. The Labute approximate surface area is 171 Å². The Morgan fingerprint density at radius 2 is 2.08 bits per heavy atom. The molecule has 1 heterocycles. The fourth-order valence-electron chi connectivity index (χ4n) is 2.48. The Morgan fingerprint density at radius 1 is 1.32 bits per heavy atom. The van der Waals surface area contributed by atoms with Crippen molar-refractivity contribution in [2.75, 3.05) is 45.9 Å². The third-order valence-corrected chi connectivity index (χ3v) is 4.08. The minimum atomic E-state index is -0.405. The van der Waals surface area contributed by atoms with Crippen molar-refractivity contribution < 1.29 is 9.13 Å². The molecule has 8 heteroatoms. The van der Waals surface area contributed by atoms with Gasteiger partial charge in [-0.3, -0.25) is 4.90 Å². The zero-order valence-corrected chi connectivity index (χ0v) is 17.6. The third kappa shape index (κ3) is 8.52. The Bertz CT molecular complexity index is 541. The molecule has 0 atom stereocenters. The van der Waals surface area contributed by atoms with Crippen LogP contribution in [0.5, 0.6) is 0 Å². The van der Waals surface area contributed by atoms with Crippen LogP contribution in [0, 0.1) is 5.82 Å². The Balaban J connectivity index is 0.00000312. The van der Waals surface area contributed by atoms with Crippen molar-refractivity contribution >= 4 is 41.5 Å². The Kier molecular flexibility index (Phi) is 11.4. The van der Waals surface area contributed by atoms with Gasteiger partial charge in [0.1, 0.15) is 5.82 Å². The van der Waals surface area contributed by atoms with Gasteiger partial charge in [0.25, 0.3) is 0 Å². The second-order valence-electron chi connectivity index (χ2n) is 5.68. The van der Waals surface area contributed by atoms with Crippen molar-refractivity contribution in [1.82, 2.24) is 15.5 Å². The molecule has 2 rings (SSSR count). The predicted octanol–water partition coefficient (Wildman–Crippen LogP) is 2.87. The normalized spacial score (nSPS) is 15.6. The lowest BCUT2D eigenvalue weighted by Crippen LogP contribution is -2.40. The molecule has 1 aromatic carbocycles. The second-order valence-corrected chi connectivity index (χ2v) is 6.09. The van der Waals surface area contributed by atoms with Gasteiger partial charge in [-0.05, 0) is 37.6 Å². The molecule has 142 valence electrons. The van der Waals surface area contributed by atoms with E-state index in [1.54, 1.807) is 12.1 Å². The van der Waals surface area contributed by atoms with Crippen LogP contribution in [0.1, 0.15) is 18.9 Å². The number of halogens is 3. The van der Waals surface area contributed by atoms with Crippen LogP contribution in [-0.2, 0) is 11.3 Å². The van der Waals surface area contributed by atoms with E-state index in [0.29, 0.717) is 6.54 Å². The van der Waals surface area contributed by atoms with Gasteiger partial charge in [0, 0.05) is 26.2 Å². The van der Waals surface area contributed by atoms with Crippen molar-refractivity contribution in [2.24, 2.45) is 4.99 Å². The maximum Gasteiger partial charge on any atom is 0.191 e. The minimum absolute atomic E-state index is 0. The van der Waals surface area contributed by atoms with E-state index < -0.39 is 5.82 Å². The van der Waals surface area contributed by atoms with E-state index in [2.05, 4.69) is 20.5 Å². The highest BCUT2D eigenvalue weighted by Crippen LogP contribution is 2.16. The smallest absolute Gasteiger partial charge is 0.191 e. The first-order valence-electron chi connectivity index (χ1n) is 8.45. The summed E-state index contributed by atoms with van der Waals surface area (Å²) < 4.78 is 18.5. The molecule has 5 nitrogen and oxygen atoms in total. The van der Waals surface area contributed by atoms with Crippen LogP contribution < -0.4 is 10.6 Å².